The van der Waals surface area contributed by atoms with Crippen molar-refractivity contribution in [1.82, 2.24) is 5.32 Å². The Hall–Kier alpha value is -0.770. The smallest absolute Gasteiger partial charge is 0.406 e. The van der Waals surface area contributed by atoms with Crippen molar-refractivity contribution in [3.05, 3.63) is 0 Å². The Bertz CT molecular complexity index is 127. The van der Waals surface area contributed by atoms with Crippen molar-refractivity contribution < 1.29 is 14.3 Å². The van der Waals surface area contributed by atoms with Gasteiger partial charge in [0.05, 0.1) is 13.2 Å². The fraction of sp³-hybridized carbons (Fsp3) is 0.875. The van der Waals surface area contributed by atoms with E-state index in [2.05, 4.69) is 5.32 Å². The third kappa shape index (κ3) is 5.97. The van der Waals surface area contributed by atoms with Gasteiger partial charge in [-0.2, -0.15) is 0 Å². The Morgan fingerprint density at radius 1 is 1.50 bits per heavy atom. The molecule has 0 aliphatic rings. The standard InChI is InChI=1S/C8H17NO3/c1-4-11-5-7(2)6-12-8(10)9-3/h7H,4-6H2,1-3H3,(H,9,10). The first-order valence-electron chi connectivity index (χ1n) is 4.13. The Morgan fingerprint density at radius 3 is 2.67 bits per heavy atom. The van der Waals surface area contributed by atoms with Gasteiger partial charge in [-0.3, -0.25) is 0 Å². The second-order valence-corrected chi connectivity index (χ2v) is 2.61. The molecule has 0 aliphatic carbocycles. The fourth-order valence-corrected chi connectivity index (χ4v) is 0.657. The number of hydrogen-bond acceptors (Lipinski definition) is 3. The van der Waals surface area contributed by atoms with Gasteiger partial charge in [0.25, 0.3) is 0 Å². The zero-order valence-corrected chi connectivity index (χ0v) is 7.92. The molecule has 12 heavy (non-hydrogen) atoms. The Labute approximate surface area is 73.2 Å². The van der Waals surface area contributed by atoms with E-state index in [9.17, 15) is 4.79 Å². The van der Waals surface area contributed by atoms with Crippen LogP contribution in [0.4, 0.5) is 4.79 Å². The van der Waals surface area contributed by atoms with Crippen molar-refractivity contribution >= 4 is 6.09 Å². The lowest BCUT2D eigenvalue weighted by molar-refractivity contribution is 0.0739. The highest BCUT2D eigenvalue weighted by Gasteiger charge is 2.04. The molecule has 0 rings (SSSR count). The van der Waals surface area contributed by atoms with E-state index >= 15 is 0 Å². The quantitative estimate of drug-likeness (QED) is 0.678. The lowest BCUT2D eigenvalue weighted by atomic mass is 10.2. The van der Waals surface area contributed by atoms with E-state index in [1.807, 2.05) is 13.8 Å². The molecule has 1 unspecified atom stereocenters. The van der Waals surface area contributed by atoms with Gasteiger partial charge < -0.3 is 14.8 Å². The minimum absolute atomic E-state index is 0.252. The van der Waals surface area contributed by atoms with Crippen molar-refractivity contribution in [2.24, 2.45) is 5.92 Å². The first kappa shape index (κ1) is 11.2. The molecule has 1 N–H and O–H groups in total. The molecule has 0 aromatic heterocycles. The Kier molecular flexibility index (Phi) is 6.47. The lowest BCUT2D eigenvalue weighted by Crippen LogP contribution is -2.23. The molecule has 0 fully saturated rings. The van der Waals surface area contributed by atoms with Crippen LogP contribution in [0.25, 0.3) is 0 Å². The van der Waals surface area contributed by atoms with Crippen LogP contribution in [-0.2, 0) is 9.47 Å². The maximum Gasteiger partial charge on any atom is 0.406 e. The first-order valence-corrected chi connectivity index (χ1v) is 4.13. The van der Waals surface area contributed by atoms with Crippen molar-refractivity contribution in [2.45, 2.75) is 13.8 Å². The van der Waals surface area contributed by atoms with Gasteiger partial charge in [0.15, 0.2) is 0 Å². The second kappa shape index (κ2) is 6.91. The number of rotatable bonds is 5. The summed E-state index contributed by atoms with van der Waals surface area (Å²) in [6.45, 7) is 5.64. The third-order valence-corrected chi connectivity index (χ3v) is 1.31. The highest BCUT2D eigenvalue weighted by molar-refractivity contribution is 5.66. The van der Waals surface area contributed by atoms with Crippen LogP contribution in [0.15, 0.2) is 0 Å². The molecular formula is C8H17NO3. The summed E-state index contributed by atoms with van der Waals surface area (Å²) in [6, 6.07) is 0. The van der Waals surface area contributed by atoms with Crippen LogP contribution in [0.2, 0.25) is 0 Å². The van der Waals surface area contributed by atoms with E-state index in [1.54, 1.807) is 0 Å². The molecule has 1 amide bonds. The molecule has 4 nitrogen and oxygen atoms in total. The van der Waals surface area contributed by atoms with E-state index in [1.165, 1.54) is 7.05 Å². The van der Waals surface area contributed by atoms with Gasteiger partial charge in [-0.1, -0.05) is 6.92 Å². The predicted molar refractivity (Wildman–Crippen MR) is 46.1 cm³/mol. The summed E-state index contributed by atoms with van der Waals surface area (Å²) in [5.74, 6) is 0.252. The maximum atomic E-state index is 10.6. The van der Waals surface area contributed by atoms with Gasteiger partial charge >= 0.3 is 6.09 Å². The largest absolute Gasteiger partial charge is 0.449 e. The molecule has 0 aromatic carbocycles. The van der Waals surface area contributed by atoms with Gasteiger partial charge in [-0.15, -0.1) is 0 Å². The van der Waals surface area contributed by atoms with Gasteiger partial charge in [0.2, 0.25) is 0 Å². The summed E-state index contributed by atoms with van der Waals surface area (Å²) in [6.07, 6.45) is -0.390. The fourth-order valence-electron chi connectivity index (χ4n) is 0.657. The van der Waals surface area contributed by atoms with Crippen molar-refractivity contribution in [1.29, 1.82) is 0 Å². The van der Waals surface area contributed by atoms with Crippen molar-refractivity contribution in [3.8, 4) is 0 Å². The predicted octanol–water partition coefficient (Wildman–Crippen LogP) is 1.01. The average Bonchev–Trinajstić information content (AvgIpc) is 2.10. The van der Waals surface area contributed by atoms with E-state index in [0.29, 0.717) is 19.8 Å². The average molecular weight is 175 g/mol. The topological polar surface area (TPSA) is 47.6 Å². The zero-order valence-electron chi connectivity index (χ0n) is 7.92. The van der Waals surface area contributed by atoms with Crippen molar-refractivity contribution in [2.75, 3.05) is 26.9 Å². The summed E-state index contributed by atoms with van der Waals surface area (Å²) < 4.78 is 9.97. The third-order valence-electron chi connectivity index (χ3n) is 1.31. The summed E-state index contributed by atoms with van der Waals surface area (Å²) in [4.78, 5) is 10.6. The lowest BCUT2D eigenvalue weighted by Gasteiger charge is -2.10. The van der Waals surface area contributed by atoms with E-state index in [-0.39, 0.29) is 5.92 Å². The normalized spacial score (nSPS) is 12.2. The molecular weight excluding hydrogens is 158 g/mol. The molecule has 0 bridgehead atoms. The maximum absolute atomic E-state index is 10.6. The highest BCUT2D eigenvalue weighted by Crippen LogP contribution is 1.96. The number of amides is 1. The highest BCUT2D eigenvalue weighted by atomic mass is 16.5. The minimum Gasteiger partial charge on any atom is -0.449 e. The van der Waals surface area contributed by atoms with Gasteiger partial charge in [-0.05, 0) is 6.92 Å². The zero-order chi connectivity index (χ0) is 9.40. The minimum atomic E-state index is -0.390. The summed E-state index contributed by atoms with van der Waals surface area (Å²) >= 11 is 0. The molecule has 0 saturated carbocycles. The summed E-state index contributed by atoms with van der Waals surface area (Å²) in [5, 5.41) is 2.37. The number of nitrogens with one attached hydrogen (secondary N) is 1. The molecule has 0 spiro atoms. The van der Waals surface area contributed by atoms with Crippen LogP contribution in [-0.4, -0.2) is 33.0 Å². The monoisotopic (exact) mass is 175 g/mol. The molecule has 0 heterocycles. The molecule has 0 aliphatic heterocycles. The molecule has 72 valence electrons. The number of carbonyl (C=O) groups is 1. The van der Waals surface area contributed by atoms with Crippen LogP contribution in [0.5, 0.6) is 0 Å². The molecule has 0 aromatic rings. The summed E-state index contributed by atoms with van der Waals surface area (Å²) in [7, 11) is 1.54. The summed E-state index contributed by atoms with van der Waals surface area (Å²) in [5.41, 5.74) is 0. The molecule has 1 atom stereocenters. The van der Waals surface area contributed by atoms with E-state index in [4.69, 9.17) is 9.47 Å². The van der Waals surface area contributed by atoms with Crippen molar-refractivity contribution in [3.63, 3.8) is 0 Å². The number of hydrogen-bond donors (Lipinski definition) is 1. The van der Waals surface area contributed by atoms with E-state index < -0.39 is 6.09 Å². The Morgan fingerprint density at radius 2 is 2.17 bits per heavy atom. The van der Waals surface area contributed by atoms with Crippen LogP contribution >= 0.6 is 0 Å². The van der Waals surface area contributed by atoms with Crippen LogP contribution in [0.1, 0.15) is 13.8 Å². The molecule has 0 radical (unpaired) electrons. The molecule has 4 heteroatoms. The molecule has 0 saturated heterocycles. The Balaban J connectivity index is 3.30. The van der Waals surface area contributed by atoms with Gasteiger partial charge in [0.1, 0.15) is 0 Å². The number of carbonyl (C=O) groups excluding carboxylic acids is 1. The van der Waals surface area contributed by atoms with Gasteiger partial charge in [0, 0.05) is 19.6 Å². The number of ether oxygens (including phenoxy) is 2. The SMILES string of the molecule is CCOCC(C)COC(=O)NC. The van der Waals surface area contributed by atoms with Gasteiger partial charge in [-0.25, -0.2) is 4.79 Å². The van der Waals surface area contributed by atoms with Crippen LogP contribution in [0, 0.1) is 5.92 Å². The second-order valence-electron chi connectivity index (χ2n) is 2.61. The van der Waals surface area contributed by atoms with Crippen LogP contribution < -0.4 is 5.32 Å². The van der Waals surface area contributed by atoms with E-state index in [0.717, 1.165) is 0 Å². The first-order chi connectivity index (χ1) is 5.70. The number of alkyl carbamates (subject to hydrolysis) is 1. The van der Waals surface area contributed by atoms with Crippen LogP contribution in [0.3, 0.4) is 0 Å².